The van der Waals surface area contributed by atoms with Crippen LogP contribution >= 0.6 is 22.9 Å². The second kappa shape index (κ2) is 7.51. The van der Waals surface area contributed by atoms with Crippen LogP contribution in [0, 0.1) is 17.8 Å². The van der Waals surface area contributed by atoms with Crippen LogP contribution in [0.5, 0.6) is 0 Å². The molecule has 2 heterocycles. The summed E-state index contributed by atoms with van der Waals surface area (Å²) in [5, 5.41) is 32.5. The maximum atomic E-state index is 10.2. The van der Waals surface area contributed by atoms with E-state index in [1.807, 2.05) is 0 Å². The number of aromatic nitrogens is 3. The van der Waals surface area contributed by atoms with E-state index in [0.717, 1.165) is 4.88 Å². The molecule has 25 heavy (non-hydrogen) atoms. The molecule has 8 nitrogen and oxygen atoms in total. The molecule has 1 aliphatic rings. The number of nitrogens with one attached hydrogen (secondary N) is 1. The Bertz CT molecular complexity index is 807. The Labute approximate surface area is 152 Å². The molecule has 0 bridgehead atoms. The Morgan fingerprint density at radius 1 is 1.32 bits per heavy atom. The van der Waals surface area contributed by atoms with Gasteiger partial charge in [-0.05, 0) is 12.3 Å². The third kappa shape index (κ3) is 3.84. The van der Waals surface area contributed by atoms with Gasteiger partial charge in [0.15, 0.2) is 5.15 Å². The number of nitrogens with two attached hydrogens (primary N) is 1. The normalized spacial score (nSPS) is 25.4. The molecule has 0 radical (unpaired) electrons. The van der Waals surface area contributed by atoms with Crippen molar-refractivity contribution in [3.63, 3.8) is 0 Å². The van der Waals surface area contributed by atoms with Crippen molar-refractivity contribution in [1.29, 1.82) is 0 Å². The van der Waals surface area contributed by atoms with E-state index >= 15 is 0 Å². The third-order valence-electron chi connectivity index (χ3n) is 3.98. The summed E-state index contributed by atoms with van der Waals surface area (Å²) in [4.78, 5) is 12.7. The second-order valence-corrected chi connectivity index (χ2v) is 6.87. The third-order valence-corrected chi connectivity index (χ3v) is 4.95. The van der Waals surface area contributed by atoms with Crippen LogP contribution in [-0.4, -0.2) is 55.1 Å². The maximum absolute atomic E-state index is 10.2. The van der Waals surface area contributed by atoms with E-state index in [2.05, 4.69) is 32.1 Å². The lowest BCUT2D eigenvalue weighted by Crippen LogP contribution is -2.35. The number of anilines is 2. The van der Waals surface area contributed by atoms with Gasteiger partial charge in [0.05, 0.1) is 28.7 Å². The van der Waals surface area contributed by atoms with Gasteiger partial charge in [0.25, 0.3) is 0 Å². The van der Waals surface area contributed by atoms with Gasteiger partial charge < -0.3 is 26.4 Å². The molecule has 1 aliphatic carbocycles. The van der Waals surface area contributed by atoms with Gasteiger partial charge in [-0.25, -0.2) is 0 Å². The van der Waals surface area contributed by atoms with Crippen molar-refractivity contribution in [1.82, 2.24) is 15.0 Å². The maximum Gasteiger partial charge on any atom is 0.223 e. The van der Waals surface area contributed by atoms with Crippen LogP contribution < -0.4 is 11.1 Å². The molecule has 2 aromatic heterocycles. The van der Waals surface area contributed by atoms with Crippen LogP contribution in [0.4, 0.5) is 11.8 Å². The molecule has 1 saturated carbocycles. The van der Waals surface area contributed by atoms with Gasteiger partial charge in [0, 0.05) is 12.5 Å². The zero-order valence-electron chi connectivity index (χ0n) is 12.9. The average Bonchev–Trinajstić information content (AvgIpc) is 3.18. The molecule has 0 amide bonds. The number of hydrogen-bond donors (Lipinski definition) is 5. The van der Waals surface area contributed by atoms with Crippen molar-refractivity contribution in [3.8, 4) is 11.8 Å². The van der Waals surface area contributed by atoms with Gasteiger partial charge >= 0.3 is 0 Å². The molecule has 132 valence electrons. The lowest BCUT2D eigenvalue weighted by atomic mass is 10.1. The summed E-state index contributed by atoms with van der Waals surface area (Å²) in [5.41, 5.74) is 7.65. The van der Waals surface area contributed by atoms with E-state index in [9.17, 15) is 15.3 Å². The first-order chi connectivity index (χ1) is 12.0. The molecule has 0 saturated heterocycles. The number of aliphatic hydroxyl groups excluding tert-OH is 3. The first-order valence-corrected chi connectivity index (χ1v) is 8.72. The number of rotatable bonds is 3. The Hall–Kier alpha value is -1.96. The average molecular weight is 382 g/mol. The molecule has 0 unspecified atom stereocenters. The fourth-order valence-corrected chi connectivity index (χ4v) is 3.38. The minimum absolute atomic E-state index is 0.0393. The van der Waals surface area contributed by atoms with E-state index in [1.54, 1.807) is 11.7 Å². The fraction of sp³-hybridized carbons (Fsp3) is 0.400. The summed E-state index contributed by atoms with van der Waals surface area (Å²) in [6.07, 6.45) is -0.0970. The molecule has 3 rings (SSSR count). The summed E-state index contributed by atoms with van der Waals surface area (Å²) < 4.78 is 0. The largest absolute Gasteiger partial charge is 0.396 e. The van der Waals surface area contributed by atoms with Crippen molar-refractivity contribution in [2.24, 2.45) is 5.92 Å². The van der Waals surface area contributed by atoms with Crippen molar-refractivity contribution in [2.45, 2.75) is 24.7 Å². The molecular weight excluding hydrogens is 366 g/mol. The van der Waals surface area contributed by atoms with Gasteiger partial charge in [-0.1, -0.05) is 17.5 Å². The number of thiazole rings is 1. The standard InChI is InChI=1S/C15H16ClN5O3S/c16-13-9(2-1-8-4-18-6-25-8)14(21-15(17)20-13)19-10-3-7(5-22)11(23)12(10)24/h4,6-7,10-12,22-24H,3,5H2,(H3,17,19,20,21)/t7-,10-,11-,12+/m1/s1. The van der Waals surface area contributed by atoms with Crippen molar-refractivity contribution < 1.29 is 15.3 Å². The second-order valence-electron chi connectivity index (χ2n) is 5.62. The summed E-state index contributed by atoms with van der Waals surface area (Å²) in [7, 11) is 0. The quantitative estimate of drug-likeness (QED) is 0.372. The SMILES string of the molecule is Nc1nc(Cl)c(C#Cc2cncs2)c(N[C@@H]2C[C@H](CO)[C@@H](O)[C@H]2O)n1. The van der Waals surface area contributed by atoms with Crippen LogP contribution in [0.1, 0.15) is 16.9 Å². The zero-order chi connectivity index (χ0) is 18.0. The van der Waals surface area contributed by atoms with E-state index in [0.29, 0.717) is 12.0 Å². The smallest absolute Gasteiger partial charge is 0.223 e. The Kier molecular flexibility index (Phi) is 5.36. The highest BCUT2D eigenvalue weighted by molar-refractivity contribution is 7.10. The van der Waals surface area contributed by atoms with Gasteiger partial charge in [0.2, 0.25) is 5.95 Å². The van der Waals surface area contributed by atoms with E-state index in [4.69, 9.17) is 17.3 Å². The van der Waals surface area contributed by atoms with Crippen LogP contribution in [-0.2, 0) is 0 Å². The number of aliphatic hydroxyl groups is 3. The number of nitrogen functional groups attached to an aromatic ring is 1. The number of nitrogens with zero attached hydrogens (tertiary/aromatic N) is 3. The van der Waals surface area contributed by atoms with Crippen molar-refractivity contribution in [2.75, 3.05) is 17.7 Å². The molecular formula is C15H16ClN5O3S. The summed E-state index contributed by atoms with van der Waals surface area (Å²) >= 11 is 7.52. The van der Waals surface area contributed by atoms with Gasteiger partial charge in [-0.15, -0.1) is 11.3 Å². The fourth-order valence-electron chi connectivity index (χ4n) is 2.69. The monoisotopic (exact) mass is 381 g/mol. The lowest BCUT2D eigenvalue weighted by molar-refractivity contribution is 0.00445. The predicted molar refractivity (Wildman–Crippen MR) is 94.2 cm³/mol. The lowest BCUT2D eigenvalue weighted by Gasteiger charge is -2.19. The molecule has 2 aromatic rings. The van der Waals surface area contributed by atoms with E-state index in [-0.39, 0.29) is 23.5 Å². The molecule has 6 N–H and O–H groups in total. The molecule has 0 aliphatic heterocycles. The summed E-state index contributed by atoms with van der Waals surface area (Å²) in [6.45, 7) is -0.221. The minimum atomic E-state index is -1.06. The van der Waals surface area contributed by atoms with Gasteiger partial charge in [-0.3, -0.25) is 4.98 Å². The zero-order valence-corrected chi connectivity index (χ0v) is 14.5. The Morgan fingerprint density at radius 3 is 2.76 bits per heavy atom. The molecule has 1 fully saturated rings. The van der Waals surface area contributed by atoms with Crippen LogP contribution in [0.3, 0.4) is 0 Å². The van der Waals surface area contributed by atoms with Gasteiger partial charge in [-0.2, -0.15) is 9.97 Å². The molecule has 0 aromatic carbocycles. The van der Waals surface area contributed by atoms with Crippen LogP contribution in [0.25, 0.3) is 0 Å². The van der Waals surface area contributed by atoms with E-state index < -0.39 is 24.2 Å². The highest BCUT2D eigenvalue weighted by atomic mass is 35.5. The first kappa shape index (κ1) is 17.8. The number of halogens is 1. The highest BCUT2D eigenvalue weighted by Crippen LogP contribution is 2.30. The highest BCUT2D eigenvalue weighted by Gasteiger charge is 2.41. The van der Waals surface area contributed by atoms with Gasteiger partial charge in [0.1, 0.15) is 17.5 Å². The topological polar surface area (TPSA) is 137 Å². The molecule has 0 spiro atoms. The van der Waals surface area contributed by atoms with E-state index in [1.165, 1.54) is 11.3 Å². The first-order valence-electron chi connectivity index (χ1n) is 7.46. The minimum Gasteiger partial charge on any atom is -0.396 e. The van der Waals surface area contributed by atoms with Crippen molar-refractivity contribution >= 4 is 34.7 Å². The summed E-state index contributed by atoms with van der Waals surface area (Å²) in [6, 6.07) is -0.526. The molecule has 4 atom stereocenters. The Morgan fingerprint density at radius 2 is 2.12 bits per heavy atom. The van der Waals surface area contributed by atoms with Crippen LogP contribution in [0.2, 0.25) is 5.15 Å². The predicted octanol–water partition coefficient (Wildman–Crippen LogP) is 0.0830. The van der Waals surface area contributed by atoms with Crippen LogP contribution in [0.15, 0.2) is 11.7 Å². The summed E-state index contributed by atoms with van der Waals surface area (Å²) in [5.74, 6) is 5.61. The Balaban J connectivity index is 1.90. The van der Waals surface area contributed by atoms with Crippen molar-refractivity contribution in [3.05, 3.63) is 27.3 Å². The molecule has 10 heteroatoms. The number of hydrogen-bond acceptors (Lipinski definition) is 9.